The van der Waals surface area contributed by atoms with Crippen LogP contribution >= 0.6 is 38.5 Å². The van der Waals surface area contributed by atoms with E-state index < -0.39 is 0 Å². The Morgan fingerprint density at radius 1 is 1.10 bits per heavy atom. The standard InChI is InChI=1S/C17H27BrIN/c1-3-5-6-7-8-9-17(20-12-4-2)15-13-14(18)10-11-16(15)19/h10-11,13,17,20H,3-9,12H2,1-2H3. The topological polar surface area (TPSA) is 12.0 Å². The Labute approximate surface area is 146 Å². The first-order chi connectivity index (χ1) is 9.69. The molecule has 114 valence electrons. The van der Waals surface area contributed by atoms with Gasteiger partial charge in [0.15, 0.2) is 0 Å². The maximum atomic E-state index is 3.72. The van der Waals surface area contributed by atoms with Crippen molar-refractivity contribution in [1.82, 2.24) is 5.32 Å². The summed E-state index contributed by atoms with van der Waals surface area (Å²) in [6.07, 6.45) is 9.20. The summed E-state index contributed by atoms with van der Waals surface area (Å²) in [4.78, 5) is 0. The zero-order valence-electron chi connectivity index (χ0n) is 12.7. The van der Waals surface area contributed by atoms with Crippen LogP contribution in [-0.4, -0.2) is 6.54 Å². The molecule has 0 saturated heterocycles. The Morgan fingerprint density at radius 2 is 1.85 bits per heavy atom. The average molecular weight is 452 g/mol. The number of rotatable bonds is 10. The van der Waals surface area contributed by atoms with Gasteiger partial charge < -0.3 is 5.32 Å². The normalized spacial score (nSPS) is 12.6. The van der Waals surface area contributed by atoms with Crippen LogP contribution in [0, 0.1) is 3.57 Å². The third-order valence-electron chi connectivity index (χ3n) is 3.57. The SMILES string of the molecule is CCCCCCCC(NCCC)c1cc(Br)ccc1I. The molecule has 20 heavy (non-hydrogen) atoms. The van der Waals surface area contributed by atoms with E-state index in [1.165, 1.54) is 58.6 Å². The lowest BCUT2D eigenvalue weighted by Crippen LogP contribution is -2.23. The van der Waals surface area contributed by atoms with Gasteiger partial charge in [-0.1, -0.05) is 61.9 Å². The largest absolute Gasteiger partial charge is 0.310 e. The minimum Gasteiger partial charge on any atom is -0.310 e. The van der Waals surface area contributed by atoms with E-state index in [1.54, 1.807) is 0 Å². The lowest BCUT2D eigenvalue weighted by atomic mass is 9.99. The molecule has 0 aliphatic rings. The molecule has 3 heteroatoms. The van der Waals surface area contributed by atoms with E-state index in [2.05, 4.69) is 75.9 Å². The van der Waals surface area contributed by atoms with E-state index in [0.29, 0.717) is 6.04 Å². The third-order valence-corrected chi connectivity index (χ3v) is 5.05. The predicted molar refractivity (Wildman–Crippen MR) is 101 cm³/mol. The molecule has 1 aromatic carbocycles. The van der Waals surface area contributed by atoms with Crippen LogP contribution in [0.4, 0.5) is 0 Å². The van der Waals surface area contributed by atoms with Crippen LogP contribution in [0.3, 0.4) is 0 Å². The van der Waals surface area contributed by atoms with Crippen LogP contribution in [0.15, 0.2) is 22.7 Å². The summed E-state index contributed by atoms with van der Waals surface area (Å²) >= 11 is 6.06. The van der Waals surface area contributed by atoms with Gasteiger partial charge in [0.25, 0.3) is 0 Å². The molecule has 0 amide bonds. The summed E-state index contributed by atoms with van der Waals surface area (Å²) in [5.41, 5.74) is 1.45. The number of unbranched alkanes of at least 4 members (excludes halogenated alkanes) is 4. The Kier molecular flexibility index (Phi) is 10.2. The summed E-state index contributed by atoms with van der Waals surface area (Å²) in [6.45, 7) is 5.61. The lowest BCUT2D eigenvalue weighted by Gasteiger charge is -2.21. The van der Waals surface area contributed by atoms with Crippen LogP contribution in [-0.2, 0) is 0 Å². The first kappa shape index (κ1) is 18.4. The minimum absolute atomic E-state index is 0.501. The van der Waals surface area contributed by atoms with E-state index in [4.69, 9.17) is 0 Å². The monoisotopic (exact) mass is 451 g/mol. The fourth-order valence-corrected chi connectivity index (χ4v) is 3.51. The molecule has 0 spiro atoms. The maximum Gasteiger partial charge on any atom is 0.0331 e. The van der Waals surface area contributed by atoms with Gasteiger partial charge in [-0.15, -0.1) is 0 Å². The second kappa shape index (κ2) is 11.0. The van der Waals surface area contributed by atoms with Gasteiger partial charge >= 0.3 is 0 Å². The third kappa shape index (κ3) is 6.90. The van der Waals surface area contributed by atoms with E-state index in [1.807, 2.05) is 0 Å². The molecule has 1 unspecified atom stereocenters. The van der Waals surface area contributed by atoms with E-state index in [9.17, 15) is 0 Å². The van der Waals surface area contributed by atoms with E-state index >= 15 is 0 Å². The van der Waals surface area contributed by atoms with Gasteiger partial charge in [-0.05, 0) is 65.7 Å². The Hall–Kier alpha value is 0.390. The molecule has 0 heterocycles. The van der Waals surface area contributed by atoms with Crippen molar-refractivity contribution < 1.29 is 0 Å². The number of nitrogens with one attached hydrogen (secondary N) is 1. The number of hydrogen-bond acceptors (Lipinski definition) is 1. The van der Waals surface area contributed by atoms with Crippen LogP contribution in [0.5, 0.6) is 0 Å². The molecule has 1 nitrogen and oxygen atoms in total. The highest BCUT2D eigenvalue weighted by atomic mass is 127. The molecule has 0 aliphatic carbocycles. The molecule has 1 aromatic rings. The molecular weight excluding hydrogens is 425 g/mol. The highest BCUT2D eigenvalue weighted by molar-refractivity contribution is 14.1. The quantitative estimate of drug-likeness (QED) is 0.318. The Morgan fingerprint density at radius 3 is 2.55 bits per heavy atom. The predicted octanol–water partition coefficient (Wildman–Crippen LogP) is 6.45. The van der Waals surface area contributed by atoms with Crippen LogP contribution in [0.25, 0.3) is 0 Å². The first-order valence-corrected chi connectivity index (χ1v) is 9.74. The second-order valence-electron chi connectivity index (χ2n) is 5.38. The highest BCUT2D eigenvalue weighted by Crippen LogP contribution is 2.27. The van der Waals surface area contributed by atoms with Gasteiger partial charge in [-0.25, -0.2) is 0 Å². The van der Waals surface area contributed by atoms with Crippen molar-refractivity contribution in [1.29, 1.82) is 0 Å². The van der Waals surface area contributed by atoms with Crippen molar-refractivity contribution in [2.45, 2.75) is 64.8 Å². The Bertz CT molecular complexity index is 381. The summed E-state index contributed by atoms with van der Waals surface area (Å²) in [5, 5.41) is 3.72. The summed E-state index contributed by atoms with van der Waals surface area (Å²) in [6, 6.07) is 7.11. The van der Waals surface area contributed by atoms with Crippen molar-refractivity contribution >= 4 is 38.5 Å². The van der Waals surface area contributed by atoms with Gasteiger partial charge in [0, 0.05) is 14.1 Å². The molecule has 0 saturated carbocycles. The van der Waals surface area contributed by atoms with Crippen molar-refractivity contribution in [3.8, 4) is 0 Å². The summed E-state index contributed by atoms with van der Waals surface area (Å²) < 4.78 is 2.55. The Balaban J connectivity index is 2.60. The van der Waals surface area contributed by atoms with Gasteiger partial charge in [0.2, 0.25) is 0 Å². The molecule has 0 bridgehead atoms. The number of benzene rings is 1. The summed E-state index contributed by atoms with van der Waals surface area (Å²) in [7, 11) is 0. The maximum absolute atomic E-state index is 3.72. The number of hydrogen-bond donors (Lipinski definition) is 1. The van der Waals surface area contributed by atoms with Crippen molar-refractivity contribution in [3.05, 3.63) is 31.8 Å². The second-order valence-corrected chi connectivity index (χ2v) is 7.45. The molecule has 0 radical (unpaired) electrons. The zero-order chi connectivity index (χ0) is 14.8. The average Bonchev–Trinajstić information content (AvgIpc) is 2.45. The van der Waals surface area contributed by atoms with Crippen molar-refractivity contribution in [2.75, 3.05) is 6.54 Å². The van der Waals surface area contributed by atoms with Crippen LogP contribution < -0.4 is 5.32 Å². The minimum atomic E-state index is 0.501. The molecule has 1 rings (SSSR count). The summed E-state index contributed by atoms with van der Waals surface area (Å²) in [5.74, 6) is 0. The zero-order valence-corrected chi connectivity index (χ0v) is 16.5. The molecule has 0 fully saturated rings. The lowest BCUT2D eigenvalue weighted by molar-refractivity contribution is 0.466. The molecule has 1 N–H and O–H groups in total. The smallest absolute Gasteiger partial charge is 0.0331 e. The van der Waals surface area contributed by atoms with Gasteiger partial charge in [0.05, 0.1) is 0 Å². The van der Waals surface area contributed by atoms with Crippen LogP contribution in [0.2, 0.25) is 0 Å². The molecule has 0 aromatic heterocycles. The van der Waals surface area contributed by atoms with Gasteiger partial charge in [0.1, 0.15) is 0 Å². The highest BCUT2D eigenvalue weighted by Gasteiger charge is 2.13. The fraction of sp³-hybridized carbons (Fsp3) is 0.647. The first-order valence-electron chi connectivity index (χ1n) is 7.87. The molecule has 0 aliphatic heterocycles. The van der Waals surface area contributed by atoms with Crippen molar-refractivity contribution in [3.63, 3.8) is 0 Å². The van der Waals surface area contributed by atoms with E-state index in [-0.39, 0.29) is 0 Å². The molecule has 1 atom stereocenters. The van der Waals surface area contributed by atoms with Gasteiger partial charge in [-0.2, -0.15) is 0 Å². The van der Waals surface area contributed by atoms with Gasteiger partial charge in [-0.3, -0.25) is 0 Å². The van der Waals surface area contributed by atoms with Crippen LogP contribution in [0.1, 0.15) is 70.4 Å². The fourth-order valence-electron chi connectivity index (χ4n) is 2.42. The number of halogens is 2. The van der Waals surface area contributed by atoms with Crippen molar-refractivity contribution in [2.24, 2.45) is 0 Å². The molecular formula is C17H27BrIN. The van der Waals surface area contributed by atoms with E-state index in [0.717, 1.165) is 6.54 Å².